The molecule has 2 rings (SSSR count). The van der Waals surface area contributed by atoms with Gasteiger partial charge in [0.05, 0.1) is 5.52 Å². The molecule has 0 saturated heterocycles. The molecule has 0 bridgehead atoms. The van der Waals surface area contributed by atoms with Crippen LogP contribution in [0.3, 0.4) is 0 Å². The Morgan fingerprint density at radius 1 is 1.29 bits per heavy atom. The van der Waals surface area contributed by atoms with Gasteiger partial charge in [-0.2, -0.15) is 0 Å². The first-order valence-corrected chi connectivity index (χ1v) is 5.90. The fraction of sp³-hybridized carbons (Fsp3) is 0.357. The molecule has 0 unspecified atom stereocenters. The highest BCUT2D eigenvalue weighted by Crippen LogP contribution is 2.29. The van der Waals surface area contributed by atoms with Crippen LogP contribution in [0.4, 0.5) is 11.4 Å². The van der Waals surface area contributed by atoms with E-state index in [1.807, 2.05) is 27.1 Å². The first-order valence-electron chi connectivity index (χ1n) is 5.90. The van der Waals surface area contributed by atoms with E-state index in [9.17, 15) is 0 Å². The number of aryl methyl sites for hydroxylation is 1. The van der Waals surface area contributed by atoms with Crippen molar-refractivity contribution in [2.75, 3.05) is 24.7 Å². The SMILES string of the molecule is CCc1c(C)nc2ccc(N(C)C)cc2c1N. The van der Waals surface area contributed by atoms with Crippen LogP contribution in [-0.4, -0.2) is 19.1 Å². The summed E-state index contributed by atoms with van der Waals surface area (Å²) >= 11 is 0. The third kappa shape index (κ3) is 1.93. The van der Waals surface area contributed by atoms with E-state index in [0.717, 1.165) is 40.0 Å². The van der Waals surface area contributed by atoms with E-state index in [1.54, 1.807) is 0 Å². The Hall–Kier alpha value is -1.77. The Bertz CT molecular complexity index is 559. The molecule has 0 amide bonds. The average Bonchev–Trinajstić information content (AvgIpc) is 2.29. The maximum atomic E-state index is 6.24. The van der Waals surface area contributed by atoms with E-state index in [1.165, 1.54) is 0 Å². The summed E-state index contributed by atoms with van der Waals surface area (Å²) in [6.07, 6.45) is 0.923. The molecular formula is C14H19N3. The summed E-state index contributed by atoms with van der Waals surface area (Å²) in [7, 11) is 4.05. The van der Waals surface area contributed by atoms with Crippen molar-refractivity contribution >= 4 is 22.3 Å². The number of nitrogens with zero attached hydrogens (tertiary/aromatic N) is 2. The fourth-order valence-corrected chi connectivity index (χ4v) is 2.17. The zero-order chi connectivity index (χ0) is 12.6. The molecule has 1 aromatic heterocycles. The van der Waals surface area contributed by atoms with Crippen molar-refractivity contribution in [2.45, 2.75) is 20.3 Å². The third-order valence-electron chi connectivity index (χ3n) is 3.19. The zero-order valence-electron chi connectivity index (χ0n) is 10.9. The van der Waals surface area contributed by atoms with Gasteiger partial charge in [0.2, 0.25) is 0 Å². The van der Waals surface area contributed by atoms with Crippen LogP contribution < -0.4 is 10.6 Å². The smallest absolute Gasteiger partial charge is 0.0727 e. The van der Waals surface area contributed by atoms with Crippen LogP contribution in [0, 0.1) is 6.92 Å². The predicted molar refractivity (Wildman–Crippen MR) is 74.6 cm³/mol. The van der Waals surface area contributed by atoms with Crippen LogP contribution in [0.15, 0.2) is 18.2 Å². The Labute approximate surface area is 102 Å². The molecule has 0 aliphatic carbocycles. The lowest BCUT2D eigenvalue weighted by atomic mass is 10.0. The molecule has 2 N–H and O–H groups in total. The molecule has 0 aliphatic heterocycles. The molecule has 0 spiro atoms. The van der Waals surface area contributed by atoms with Crippen LogP contribution in [0.25, 0.3) is 10.9 Å². The third-order valence-corrected chi connectivity index (χ3v) is 3.19. The van der Waals surface area contributed by atoms with Gasteiger partial charge in [-0.05, 0) is 37.1 Å². The van der Waals surface area contributed by atoms with Gasteiger partial charge in [-0.1, -0.05) is 6.92 Å². The lowest BCUT2D eigenvalue weighted by Crippen LogP contribution is -2.09. The molecule has 1 heterocycles. The lowest BCUT2D eigenvalue weighted by Gasteiger charge is -2.15. The van der Waals surface area contributed by atoms with Gasteiger partial charge in [0, 0.05) is 36.6 Å². The summed E-state index contributed by atoms with van der Waals surface area (Å²) in [6, 6.07) is 6.21. The number of fused-ring (bicyclic) bond motifs is 1. The molecule has 90 valence electrons. The minimum atomic E-state index is 0.874. The molecule has 0 radical (unpaired) electrons. The highest BCUT2D eigenvalue weighted by atomic mass is 15.1. The van der Waals surface area contributed by atoms with Gasteiger partial charge in [0.15, 0.2) is 0 Å². The molecule has 0 fully saturated rings. The van der Waals surface area contributed by atoms with Crippen molar-refractivity contribution in [3.63, 3.8) is 0 Å². The van der Waals surface area contributed by atoms with Crippen molar-refractivity contribution in [1.29, 1.82) is 0 Å². The Kier molecular flexibility index (Phi) is 2.92. The number of nitrogens with two attached hydrogens (primary N) is 1. The molecule has 2 aromatic rings. The number of aromatic nitrogens is 1. The summed E-state index contributed by atoms with van der Waals surface area (Å²) in [4.78, 5) is 6.68. The molecule has 0 saturated carbocycles. The van der Waals surface area contributed by atoms with E-state index < -0.39 is 0 Å². The number of anilines is 2. The maximum Gasteiger partial charge on any atom is 0.0727 e. The lowest BCUT2D eigenvalue weighted by molar-refractivity contribution is 1.07. The topological polar surface area (TPSA) is 42.2 Å². The number of hydrogen-bond donors (Lipinski definition) is 1. The van der Waals surface area contributed by atoms with Crippen molar-refractivity contribution < 1.29 is 0 Å². The Balaban J connectivity index is 2.76. The number of rotatable bonds is 2. The van der Waals surface area contributed by atoms with E-state index in [2.05, 4.69) is 28.9 Å². The van der Waals surface area contributed by atoms with Crippen molar-refractivity contribution in [3.8, 4) is 0 Å². The second kappa shape index (κ2) is 4.24. The Morgan fingerprint density at radius 3 is 2.59 bits per heavy atom. The van der Waals surface area contributed by atoms with Gasteiger partial charge >= 0.3 is 0 Å². The summed E-state index contributed by atoms with van der Waals surface area (Å²) < 4.78 is 0. The number of hydrogen-bond acceptors (Lipinski definition) is 3. The van der Waals surface area contributed by atoms with Gasteiger partial charge in [-0.25, -0.2) is 0 Å². The van der Waals surface area contributed by atoms with Gasteiger partial charge in [-0.3, -0.25) is 4.98 Å². The minimum Gasteiger partial charge on any atom is -0.398 e. The zero-order valence-corrected chi connectivity index (χ0v) is 10.9. The van der Waals surface area contributed by atoms with Crippen LogP contribution in [0.2, 0.25) is 0 Å². The van der Waals surface area contributed by atoms with E-state index in [4.69, 9.17) is 5.73 Å². The molecule has 0 atom stereocenters. The maximum absolute atomic E-state index is 6.24. The largest absolute Gasteiger partial charge is 0.398 e. The van der Waals surface area contributed by atoms with Crippen molar-refractivity contribution in [3.05, 3.63) is 29.5 Å². The molecule has 17 heavy (non-hydrogen) atoms. The van der Waals surface area contributed by atoms with Crippen LogP contribution in [0.1, 0.15) is 18.2 Å². The van der Waals surface area contributed by atoms with E-state index >= 15 is 0 Å². The number of benzene rings is 1. The first-order chi connectivity index (χ1) is 8.04. The van der Waals surface area contributed by atoms with E-state index in [-0.39, 0.29) is 0 Å². The summed E-state index contributed by atoms with van der Waals surface area (Å²) in [5.41, 5.74) is 11.4. The summed E-state index contributed by atoms with van der Waals surface area (Å²) in [5, 5.41) is 1.05. The predicted octanol–water partition coefficient (Wildman–Crippen LogP) is 2.75. The molecule has 1 aromatic carbocycles. The summed E-state index contributed by atoms with van der Waals surface area (Å²) in [5.74, 6) is 0. The number of nitrogen functional groups attached to an aromatic ring is 1. The quantitative estimate of drug-likeness (QED) is 0.861. The van der Waals surface area contributed by atoms with Gasteiger partial charge in [0.25, 0.3) is 0 Å². The normalized spacial score (nSPS) is 10.8. The van der Waals surface area contributed by atoms with Crippen LogP contribution in [0.5, 0.6) is 0 Å². The second-order valence-corrected chi connectivity index (χ2v) is 4.54. The Morgan fingerprint density at radius 2 is 2.00 bits per heavy atom. The number of pyridine rings is 1. The van der Waals surface area contributed by atoms with Crippen LogP contribution >= 0.6 is 0 Å². The molecule has 0 aliphatic rings. The highest BCUT2D eigenvalue weighted by molar-refractivity contribution is 5.94. The van der Waals surface area contributed by atoms with Crippen LogP contribution in [-0.2, 0) is 6.42 Å². The first kappa shape index (κ1) is 11.7. The molecular weight excluding hydrogens is 210 g/mol. The minimum absolute atomic E-state index is 0.874. The van der Waals surface area contributed by atoms with Gasteiger partial charge in [0.1, 0.15) is 0 Å². The summed E-state index contributed by atoms with van der Waals surface area (Å²) in [6.45, 7) is 4.14. The fourth-order valence-electron chi connectivity index (χ4n) is 2.17. The average molecular weight is 229 g/mol. The molecule has 3 heteroatoms. The van der Waals surface area contributed by atoms with Crippen molar-refractivity contribution in [2.24, 2.45) is 0 Å². The van der Waals surface area contributed by atoms with Gasteiger partial charge in [-0.15, -0.1) is 0 Å². The van der Waals surface area contributed by atoms with E-state index in [0.29, 0.717) is 0 Å². The van der Waals surface area contributed by atoms with Gasteiger partial charge < -0.3 is 10.6 Å². The highest BCUT2D eigenvalue weighted by Gasteiger charge is 2.09. The standard InChI is InChI=1S/C14H19N3/c1-5-11-9(2)16-13-7-6-10(17(3)4)8-12(13)14(11)15/h6-8H,5H2,1-4H3,(H2,15,16). The second-order valence-electron chi connectivity index (χ2n) is 4.54. The molecule has 3 nitrogen and oxygen atoms in total. The van der Waals surface area contributed by atoms with Crippen molar-refractivity contribution in [1.82, 2.24) is 4.98 Å². The monoisotopic (exact) mass is 229 g/mol.